The normalized spacial score (nSPS) is 30.6. The van der Waals surface area contributed by atoms with Gasteiger partial charge in [0, 0.05) is 6.42 Å². The van der Waals surface area contributed by atoms with Gasteiger partial charge in [-0.15, -0.1) is 0 Å². The van der Waals surface area contributed by atoms with Crippen molar-refractivity contribution in [2.45, 2.75) is 38.2 Å². The first kappa shape index (κ1) is 8.53. The third kappa shape index (κ3) is 2.50. The van der Waals surface area contributed by atoms with Gasteiger partial charge in [0.25, 0.3) is 0 Å². The number of hydrogen-bond donors (Lipinski definition) is 2. The van der Waals surface area contributed by atoms with Crippen molar-refractivity contribution in [1.82, 2.24) is 0 Å². The van der Waals surface area contributed by atoms with Gasteiger partial charge in [-0.2, -0.15) is 0 Å². The predicted molar refractivity (Wildman–Crippen MR) is 40.2 cm³/mol. The van der Waals surface area contributed by atoms with Gasteiger partial charge in [-0.1, -0.05) is 6.42 Å². The van der Waals surface area contributed by atoms with Gasteiger partial charge in [-0.25, -0.2) is 0 Å². The smallest absolute Gasteiger partial charge is 0.303 e. The van der Waals surface area contributed by atoms with E-state index in [1.54, 1.807) is 0 Å². The second-order valence-corrected chi connectivity index (χ2v) is 3.19. The van der Waals surface area contributed by atoms with Crippen LogP contribution in [0.2, 0.25) is 0 Å². The average molecular weight is 158 g/mol. The second-order valence-electron chi connectivity index (χ2n) is 3.19. The fourth-order valence-electron chi connectivity index (χ4n) is 1.66. The maximum atomic E-state index is 10.2. The molecule has 1 saturated carbocycles. The van der Waals surface area contributed by atoms with Crippen LogP contribution in [0.25, 0.3) is 0 Å². The molecule has 11 heavy (non-hydrogen) atoms. The van der Waals surface area contributed by atoms with Gasteiger partial charge in [-0.05, 0) is 25.2 Å². The Labute approximate surface area is 66.0 Å². The molecule has 1 aliphatic rings. The Morgan fingerprint density at radius 1 is 1.45 bits per heavy atom. The number of carboxylic acid groups (broad SMARTS) is 1. The van der Waals surface area contributed by atoms with Crippen molar-refractivity contribution < 1.29 is 15.0 Å². The molecule has 3 heteroatoms. The first-order valence-corrected chi connectivity index (χ1v) is 4.10. The SMILES string of the molecule is O=C(O)CCC1CCCC1O. The van der Waals surface area contributed by atoms with Crippen molar-refractivity contribution in [2.75, 3.05) is 0 Å². The van der Waals surface area contributed by atoms with E-state index in [1.165, 1.54) is 0 Å². The molecule has 2 N–H and O–H groups in total. The molecule has 1 aliphatic carbocycles. The molecule has 3 nitrogen and oxygen atoms in total. The summed E-state index contributed by atoms with van der Waals surface area (Å²) in [5, 5.41) is 17.7. The minimum atomic E-state index is -0.760. The van der Waals surface area contributed by atoms with Crippen LogP contribution in [0.15, 0.2) is 0 Å². The number of hydrogen-bond acceptors (Lipinski definition) is 2. The lowest BCUT2D eigenvalue weighted by Gasteiger charge is -2.11. The summed E-state index contributed by atoms with van der Waals surface area (Å²) in [6.45, 7) is 0. The number of rotatable bonds is 3. The van der Waals surface area contributed by atoms with E-state index in [0.717, 1.165) is 19.3 Å². The van der Waals surface area contributed by atoms with Crippen molar-refractivity contribution in [3.05, 3.63) is 0 Å². The molecular formula is C8H14O3. The summed E-state index contributed by atoms with van der Waals surface area (Å²) in [5.74, 6) is -0.518. The van der Waals surface area contributed by atoms with E-state index in [4.69, 9.17) is 5.11 Å². The molecule has 0 bridgehead atoms. The lowest BCUT2D eigenvalue weighted by Crippen LogP contribution is -2.14. The molecule has 0 radical (unpaired) electrons. The summed E-state index contributed by atoms with van der Waals surface area (Å²) in [6, 6.07) is 0. The van der Waals surface area contributed by atoms with E-state index in [9.17, 15) is 9.90 Å². The Balaban J connectivity index is 2.20. The van der Waals surface area contributed by atoms with Gasteiger partial charge in [0.1, 0.15) is 0 Å². The van der Waals surface area contributed by atoms with Crippen LogP contribution in [0.5, 0.6) is 0 Å². The van der Waals surface area contributed by atoms with Crippen molar-refractivity contribution in [1.29, 1.82) is 0 Å². The number of aliphatic hydroxyl groups excluding tert-OH is 1. The Hall–Kier alpha value is -0.570. The number of carbonyl (C=O) groups is 1. The monoisotopic (exact) mass is 158 g/mol. The van der Waals surface area contributed by atoms with Crippen LogP contribution in [0, 0.1) is 5.92 Å². The molecule has 0 aromatic carbocycles. The summed E-state index contributed by atoms with van der Waals surface area (Å²) in [5.41, 5.74) is 0. The van der Waals surface area contributed by atoms with E-state index < -0.39 is 5.97 Å². The van der Waals surface area contributed by atoms with Gasteiger partial charge in [0.15, 0.2) is 0 Å². The zero-order chi connectivity index (χ0) is 8.27. The zero-order valence-corrected chi connectivity index (χ0v) is 6.49. The fraction of sp³-hybridized carbons (Fsp3) is 0.875. The first-order chi connectivity index (χ1) is 5.20. The maximum Gasteiger partial charge on any atom is 0.303 e. The highest BCUT2D eigenvalue weighted by atomic mass is 16.4. The molecule has 0 aromatic heterocycles. The molecule has 1 rings (SSSR count). The Kier molecular flexibility index (Phi) is 2.88. The molecule has 0 aromatic rings. The molecule has 2 unspecified atom stereocenters. The molecule has 0 amide bonds. The molecular weight excluding hydrogens is 144 g/mol. The van der Waals surface area contributed by atoms with Crippen LogP contribution in [-0.4, -0.2) is 22.3 Å². The number of carboxylic acids is 1. The van der Waals surface area contributed by atoms with Crippen molar-refractivity contribution in [2.24, 2.45) is 5.92 Å². The highest BCUT2D eigenvalue weighted by molar-refractivity contribution is 5.66. The van der Waals surface area contributed by atoms with Crippen molar-refractivity contribution in [3.63, 3.8) is 0 Å². The zero-order valence-electron chi connectivity index (χ0n) is 6.49. The quantitative estimate of drug-likeness (QED) is 0.644. The lowest BCUT2D eigenvalue weighted by atomic mass is 10.00. The fourth-order valence-corrected chi connectivity index (χ4v) is 1.66. The molecule has 0 saturated heterocycles. The molecule has 0 heterocycles. The van der Waals surface area contributed by atoms with Crippen LogP contribution >= 0.6 is 0 Å². The Morgan fingerprint density at radius 3 is 2.64 bits per heavy atom. The lowest BCUT2D eigenvalue weighted by molar-refractivity contribution is -0.137. The number of aliphatic hydroxyl groups is 1. The second kappa shape index (κ2) is 3.72. The standard InChI is InChI=1S/C8H14O3/c9-7-3-1-2-6(7)4-5-8(10)11/h6-7,9H,1-5H2,(H,10,11). The first-order valence-electron chi connectivity index (χ1n) is 4.10. The van der Waals surface area contributed by atoms with Crippen LogP contribution in [0.1, 0.15) is 32.1 Å². The van der Waals surface area contributed by atoms with Gasteiger partial charge in [0.2, 0.25) is 0 Å². The van der Waals surface area contributed by atoms with Crippen molar-refractivity contribution in [3.8, 4) is 0 Å². The molecule has 0 spiro atoms. The van der Waals surface area contributed by atoms with Crippen LogP contribution in [0.4, 0.5) is 0 Å². The summed E-state index contributed by atoms with van der Waals surface area (Å²) >= 11 is 0. The topological polar surface area (TPSA) is 57.5 Å². The Bertz CT molecular complexity index is 144. The highest BCUT2D eigenvalue weighted by Gasteiger charge is 2.25. The minimum Gasteiger partial charge on any atom is -0.481 e. The van der Waals surface area contributed by atoms with E-state index in [2.05, 4.69) is 0 Å². The van der Waals surface area contributed by atoms with Crippen LogP contribution in [0.3, 0.4) is 0 Å². The van der Waals surface area contributed by atoms with Gasteiger partial charge < -0.3 is 10.2 Å². The van der Waals surface area contributed by atoms with E-state index in [-0.39, 0.29) is 18.4 Å². The molecule has 1 fully saturated rings. The number of aliphatic carboxylic acids is 1. The summed E-state index contributed by atoms with van der Waals surface area (Å²) < 4.78 is 0. The predicted octanol–water partition coefficient (Wildman–Crippen LogP) is 1.01. The largest absolute Gasteiger partial charge is 0.481 e. The molecule has 2 atom stereocenters. The van der Waals surface area contributed by atoms with Gasteiger partial charge >= 0.3 is 5.97 Å². The van der Waals surface area contributed by atoms with E-state index in [1.807, 2.05) is 0 Å². The maximum absolute atomic E-state index is 10.2. The van der Waals surface area contributed by atoms with Crippen LogP contribution < -0.4 is 0 Å². The van der Waals surface area contributed by atoms with Crippen LogP contribution in [-0.2, 0) is 4.79 Å². The average Bonchev–Trinajstić information content (AvgIpc) is 2.31. The molecule has 64 valence electrons. The molecule has 0 aliphatic heterocycles. The summed E-state index contributed by atoms with van der Waals surface area (Å²) in [6.07, 6.45) is 3.48. The van der Waals surface area contributed by atoms with Gasteiger partial charge in [-0.3, -0.25) is 4.79 Å². The van der Waals surface area contributed by atoms with Crippen molar-refractivity contribution >= 4 is 5.97 Å². The van der Waals surface area contributed by atoms with E-state index in [0.29, 0.717) is 6.42 Å². The highest BCUT2D eigenvalue weighted by Crippen LogP contribution is 2.28. The third-order valence-corrected chi connectivity index (χ3v) is 2.35. The minimum absolute atomic E-state index is 0.196. The van der Waals surface area contributed by atoms with Gasteiger partial charge in [0.05, 0.1) is 6.10 Å². The summed E-state index contributed by atoms with van der Waals surface area (Å²) in [7, 11) is 0. The third-order valence-electron chi connectivity index (χ3n) is 2.35. The summed E-state index contributed by atoms with van der Waals surface area (Å²) in [4.78, 5) is 10.2. The van der Waals surface area contributed by atoms with E-state index >= 15 is 0 Å². The Morgan fingerprint density at radius 2 is 2.18 bits per heavy atom.